The van der Waals surface area contributed by atoms with Gasteiger partial charge in [-0.3, -0.25) is 4.79 Å². The molecule has 4 nitrogen and oxygen atoms in total. The normalized spacial score (nSPS) is 9.62. The number of nitrogens with one attached hydrogen (secondary N) is 1. The molecule has 86 valence electrons. The molecule has 0 aliphatic rings. The van der Waals surface area contributed by atoms with Crippen LogP contribution in [0.25, 0.3) is 0 Å². The molecule has 0 aliphatic heterocycles. The number of urea groups is 1. The van der Waals surface area contributed by atoms with Gasteiger partial charge in [-0.15, -0.1) is 0 Å². The van der Waals surface area contributed by atoms with Crippen LogP contribution in [0.3, 0.4) is 0 Å². The van der Waals surface area contributed by atoms with Crippen LogP contribution < -0.4 is 5.32 Å². The Morgan fingerprint density at radius 3 is 2.25 bits per heavy atom. The minimum absolute atomic E-state index is 0.121. The molecular formula is C12H16N2O2. The largest absolute Gasteiger partial charge is 0.325 e. The second-order valence-corrected chi connectivity index (χ2v) is 3.34. The van der Waals surface area contributed by atoms with E-state index >= 15 is 0 Å². The van der Waals surface area contributed by atoms with Gasteiger partial charge in [0.2, 0.25) is 0 Å². The van der Waals surface area contributed by atoms with Crippen molar-refractivity contribution in [1.82, 2.24) is 4.90 Å². The Balaban J connectivity index is 2.65. The monoisotopic (exact) mass is 220 g/mol. The van der Waals surface area contributed by atoms with Crippen molar-refractivity contribution in [3.05, 3.63) is 29.8 Å². The molecule has 0 unspecified atom stereocenters. The van der Waals surface area contributed by atoms with Crippen molar-refractivity contribution < 1.29 is 9.59 Å². The molecule has 0 heterocycles. The van der Waals surface area contributed by atoms with E-state index < -0.39 is 0 Å². The quantitative estimate of drug-likeness (QED) is 0.792. The molecule has 0 saturated heterocycles. The number of hydrogen-bond acceptors (Lipinski definition) is 2. The summed E-state index contributed by atoms with van der Waals surface area (Å²) in [5, 5.41) is 2.77. The number of amides is 2. The van der Waals surface area contributed by atoms with Crippen molar-refractivity contribution in [2.75, 3.05) is 18.4 Å². The number of carbonyl (C=O) groups excluding carboxylic acids is 2. The van der Waals surface area contributed by atoms with Crippen molar-refractivity contribution in [2.45, 2.75) is 13.8 Å². The van der Waals surface area contributed by atoms with Crippen LogP contribution in [0.2, 0.25) is 0 Å². The predicted molar refractivity (Wildman–Crippen MR) is 63.8 cm³/mol. The molecule has 1 aromatic rings. The van der Waals surface area contributed by atoms with Crippen molar-refractivity contribution in [3.63, 3.8) is 0 Å². The third-order valence-electron chi connectivity index (χ3n) is 2.35. The summed E-state index contributed by atoms with van der Waals surface area (Å²) in [4.78, 5) is 23.8. The van der Waals surface area contributed by atoms with Gasteiger partial charge in [-0.05, 0) is 38.1 Å². The number of hydrogen-bond donors (Lipinski definition) is 1. The maximum Gasteiger partial charge on any atom is 0.321 e. The molecule has 1 aromatic carbocycles. The molecule has 0 atom stereocenters. The molecule has 1 N–H and O–H groups in total. The Labute approximate surface area is 95.3 Å². The number of carbonyl (C=O) groups is 2. The fourth-order valence-electron chi connectivity index (χ4n) is 1.36. The molecule has 0 radical (unpaired) electrons. The Bertz CT molecular complexity index is 356. The van der Waals surface area contributed by atoms with Gasteiger partial charge in [0.25, 0.3) is 0 Å². The fourth-order valence-corrected chi connectivity index (χ4v) is 1.36. The van der Waals surface area contributed by atoms with Crippen molar-refractivity contribution in [3.8, 4) is 0 Å². The molecule has 2 amide bonds. The van der Waals surface area contributed by atoms with E-state index in [1.54, 1.807) is 29.2 Å². The lowest BCUT2D eigenvalue weighted by Crippen LogP contribution is -2.34. The molecule has 0 bridgehead atoms. The van der Waals surface area contributed by atoms with Crippen LogP contribution in [0.1, 0.15) is 24.2 Å². The molecule has 0 saturated carbocycles. The summed E-state index contributed by atoms with van der Waals surface area (Å²) in [6, 6.07) is 6.65. The highest BCUT2D eigenvalue weighted by atomic mass is 16.2. The summed E-state index contributed by atoms with van der Waals surface area (Å²) in [6.45, 7) is 5.21. The third kappa shape index (κ3) is 3.08. The third-order valence-corrected chi connectivity index (χ3v) is 2.35. The molecular weight excluding hydrogens is 204 g/mol. The smallest absolute Gasteiger partial charge is 0.321 e. The lowest BCUT2D eigenvalue weighted by atomic mass is 10.2. The van der Waals surface area contributed by atoms with Gasteiger partial charge in [0.15, 0.2) is 0 Å². The van der Waals surface area contributed by atoms with Crippen LogP contribution in [0.5, 0.6) is 0 Å². The Morgan fingerprint density at radius 1 is 1.25 bits per heavy atom. The van der Waals surface area contributed by atoms with Gasteiger partial charge in [0, 0.05) is 24.3 Å². The zero-order valence-corrected chi connectivity index (χ0v) is 9.56. The number of rotatable bonds is 4. The fraction of sp³-hybridized carbons (Fsp3) is 0.333. The van der Waals surface area contributed by atoms with Crippen molar-refractivity contribution in [2.24, 2.45) is 0 Å². The van der Waals surface area contributed by atoms with Gasteiger partial charge in [-0.1, -0.05) is 0 Å². The predicted octanol–water partition coefficient (Wildman–Crippen LogP) is 2.37. The lowest BCUT2D eigenvalue weighted by Gasteiger charge is -2.19. The van der Waals surface area contributed by atoms with Gasteiger partial charge in [-0.25, -0.2) is 4.79 Å². The van der Waals surface area contributed by atoms with E-state index in [0.29, 0.717) is 24.3 Å². The first-order chi connectivity index (χ1) is 7.71. The van der Waals surface area contributed by atoms with E-state index in [1.165, 1.54) is 0 Å². The highest BCUT2D eigenvalue weighted by Gasteiger charge is 2.08. The summed E-state index contributed by atoms with van der Waals surface area (Å²) < 4.78 is 0. The number of aldehydes is 1. The molecule has 0 aliphatic carbocycles. The van der Waals surface area contributed by atoms with Gasteiger partial charge < -0.3 is 10.2 Å². The summed E-state index contributed by atoms with van der Waals surface area (Å²) >= 11 is 0. The van der Waals surface area contributed by atoms with Gasteiger partial charge >= 0.3 is 6.03 Å². The van der Waals surface area contributed by atoms with Crippen LogP contribution in [0, 0.1) is 0 Å². The van der Waals surface area contributed by atoms with E-state index in [1.807, 2.05) is 13.8 Å². The summed E-state index contributed by atoms with van der Waals surface area (Å²) in [5.41, 5.74) is 1.29. The van der Waals surface area contributed by atoms with Crippen LogP contribution in [-0.4, -0.2) is 30.3 Å². The minimum Gasteiger partial charge on any atom is -0.325 e. The highest BCUT2D eigenvalue weighted by molar-refractivity contribution is 5.89. The topological polar surface area (TPSA) is 49.4 Å². The van der Waals surface area contributed by atoms with Crippen LogP contribution in [0.4, 0.5) is 10.5 Å². The molecule has 0 aromatic heterocycles. The maximum absolute atomic E-state index is 11.7. The first-order valence-corrected chi connectivity index (χ1v) is 5.32. The van der Waals surface area contributed by atoms with Gasteiger partial charge in [0.1, 0.15) is 6.29 Å². The van der Waals surface area contributed by atoms with Gasteiger partial charge in [0.05, 0.1) is 0 Å². The Hall–Kier alpha value is -1.84. The standard InChI is InChI=1S/C12H16N2O2/c1-3-14(4-2)12(16)13-11-7-5-10(9-15)6-8-11/h5-9H,3-4H2,1-2H3,(H,13,16). The second kappa shape index (κ2) is 5.90. The van der Waals surface area contributed by atoms with Gasteiger partial charge in [-0.2, -0.15) is 0 Å². The number of benzene rings is 1. The van der Waals surface area contributed by atoms with E-state index in [0.717, 1.165) is 6.29 Å². The Morgan fingerprint density at radius 2 is 1.81 bits per heavy atom. The van der Waals surface area contributed by atoms with Crippen LogP contribution >= 0.6 is 0 Å². The molecule has 4 heteroatoms. The minimum atomic E-state index is -0.121. The molecule has 0 spiro atoms. The lowest BCUT2D eigenvalue weighted by molar-refractivity contribution is 0.112. The average Bonchev–Trinajstić information content (AvgIpc) is 2.31. The zero-order valence-electron chi connectivity index (χ0n) is 9.56. The number of anilines is 1. The van der Waals surface area contributed by atoms with E-state index in [2.05, 4.69) is 5.32 Å². The van der Waals surface area contributed by atoms with Crippen molar-refractivity contribution in [1.29, 1.82) is 0 Å². The Kier molecular flexibility index (Phi) is 4.51. The number of nitrogens with zero attached hydrogens (tertiary/aromatic N) is 1. The van der Waals surface area contributed by atoms with E-state index in [-0.39, 0.29) is 6.03 Å². The maximum atomic E-state index is 11.7. The zero-order chi connectivity index (χ0) is 12.0. The molecule has 0 fully saturated rings. The van der Waals surface area contributed by atoms with Crippen LogP contribution in [0.15, 0.2) is 24.3 Å². The second-order valence-electron chi connectivity index (χ2n) is 3.34. The molecule has 1 rings (SSSR count). The summed E-state index contributed by atoms with van der Waals surface area (Å²) in [7, 11) is 0. The van der Waals surface area contributed by atoms with E-state index in [4.69, 9.17) is 0 Å². The van der Waals surface area contributed by atoms with Crippen molar-refractivity contribution >= 4 is 18.0 Å². The van der Waals surface area contributed by atoms with Crippen LogP contribution in [-0.2, 0) is 0 Å². The first kappa shape index (κ1) is 12.2. The summed E-state index contributed by atoms with van der Waals surface area (Å²) in [5.74, 6) is 0. The van der Waals surface area contributed by atoms with E-state index in [9.17, 15) is 9.59 Å². The SMILES string of the molecule is CCN(CC)C(=O)Nc1ccc(C=O)cc1. The first-order valence-electron chi connectivity index (χ1n) is 5.32. The molecule has 16 heavy (non-hydrogen) atoms. The summed E-state index contributed by atoms with van der Waals surface area (Å²) in [6.07, 6.45) is 0.774. The highest BCUT2D eigenvalue weighted by Crippen LogP contribution is 2.09. The average molecular weight is 220 g/mol.